The van der Waals surface area contributed by atoms with Crippen molar-refractivity contribution < 1.29 is 28.6 Å². The topological polar surface area (TPSA) is 78.9 Å². The fraction of sp³-hybridized carbons (Fsp3) is 0.618. The van der Waals surface area contributed by atoms with E-state index in [0.717, 1.165) is 141 Å². The summed E-state index contributed by atoms with van der Waals surface area (Å²) in [5.74, 6) is -0.971. The van der Waals surface area contributed by atoms with Gasteiger partial charge in [0.1, 0.15) is 13.2 Å². The van der Waals surface area contributed by atoms with E-state index in [1.165, 1.54) is 96.3 Å². The standard InChI is InChI=1S/C76H122O6/c1-4-7-10-13-16-19-22-25-28-31-34-36-37-38-39-41-42-45-48-51-54-57-60-63-66-69-75(78)81-72-73(71-80-74(77)68-65-62-59-56-53-50-47-44-33-30-27-24-21-18-15-12-9-6-3)82-76(79)70-67-64-61-58-55-52-49-46-43-40-35-32-29-26-23-20-17-14-11-8-5-2/h7-8,10-11,16-17,19-20,25-26,28-30,33-36,38-40,42,45-46,49,55,58,73H,4-6,9,12-15,18,21-24,27,31-32,37,41,43-44,47-48,50-54,56-57,59-72H2,1-3H3/b10-7-,11-8-,19-16-,20-17-,28-25-,29-26-,33-30-,36-34-,39-38-,40-35-,45-42-,49-46-,58-55-. The van der Waals surface area contributed by atoms with Gasteiger partial charge in [-0.3, -0.25) is 14.4 Å². The van der Waals surface area contributed by atoms with Crippen molar-refractivity contribution in [3.05, 3.63) is 158 Å². The minimum atomic E-state index is -0.819. The highest BCUT2D eigenvalue weighted by molar-refractivity contribution is 5.71. The first-order valence-corrected chi connectivity index (χ1v) is 33.5. The molecule has 0 saturated heterocycles. The van der Waals surface area contributed by atoms with Crippen LogP contribution in [0.1, 0.15) is 284 Å². The number of allylic oxidation sites excluding steroid dienone is 26. The monoisotopic (exact) mass is 1130 g/mol. The van der Waals surface area contributed by atoms with Gasteiger partial charge in [0, 0.05) is 19.3 Å². The van der Waals surface area contributed by atoms with Crippen LogP contribution < -0.4 is 0 Å². The molecule has 0 aromatic carbocycles. The average molecular weight is 1130 g/mol. The predicted molar refractivity (Wildman–Crippen MR) is 357 cm³/mol. The minimum absolute atomic E-state index is 0.109. The fourth-order valence-electron chi connectivity index (χ4n) is 8.80. The molecule has 0 aliphatic carbocycles. The Labute approximate surface area is 505 Å². The van der Waals surface area contributed by atoms with E-state index in [2.05, 4.69) is 179 Å². The number of ether oxygens (including phenoxy) is 3. The lowest BCUT2D eigenvalue weighted by Crippen LogP contribution is -2.30. The highest BCUT2D eigenvalue weighted by atomic mass is 16.6. The van der Waals surface area contributed by atoms with Gasteiger partial charge in [0.05, 0.1) is 0 Å². The quantitative estimate of drug-likeness (QED) is 0.0261. The van der Waals surface area contributed by atoms with E-state index >= 15 is 0 Å². The Balaban J connectivity index is 4.52. The molecule has 0 aliphatic rings. The van der Waals surface area contributed by atoms with Gasteiger partial charge in [-0.05, 0) is 148 Å². The summed E-state index contributed by atoms with van der Waals surface area (Å²) in [6.45, 7) is 6.37. The molecule has 0 aliphatic heterocycles. The van der Waals surface area contributed by atoms with Crippen LogP contribution in [0.2, 0.25) is 0 Å². The van der Waals surface area contributed by atoms with Crippen molar-refractivity contribution >= 4 is 17.9 Å². The van der Waals surface area contributed by atoms with Crippen molar-refractivity contribution in [1.29, 1.82) is 0 Å². The number of hydrogen-bond acceptors (Lipinski definition) is 6. The smallest absolute Gasteiger partial charge is 0.306 e. The van der Waals surface area contributed by atoms with Gasteiger partial charge in [-0.25, -0.2) is 0 Å². The molecule has 0 fully saturated rings. The van der Waals surface area contributed by atoms with Crippen LogP contribution >= 0.6 is 0 Å². The molecule has 0 saturated carbocycles. The Morgan fingerprint density at radius 2 is 0.476 bits per heavy atom. The normalized spacial score (nSPS) is 13.2. The second-order valence-electron chi connectivity index (χ2n) is 21.6. The summed E-state index contributed by atoms with van der Waals surface area (Å²) in [6.07, 6.45) is 99.6. The SMILES string of the molecule is CC/C=C\C/C=C\C/C=C\C/C=C\C/C=C\C/C=C\CCCCCCCCC(=O)OCC(COC(=O)CCCCCCCCC/C=C\CCCCCCCCC)OC(=O)CCCC/C=C\C/C=C\C/C=C\C/C=C\C/C=C\C/C=C\CC. The molecule has 462 valence electrons. The van der Waals surface area contributed by atoms with Crippen LogP contribution in [0.25, 0.3) is 0 Å². The Kier molecular flexibility index (Phi) is 64.4. The number of rotatable bonds is 59. The van der Waals surface area contributed by atoms with Crippen LogP contribution in [0.15, 0.2) is 158 Å². The number of carbonyl (C=O) groups is 3. The zero-order valence-electron chi connectivity index (χ0n) is 52.9. The molecule has 82 heavy (non-hydrogen) atoms. The van der Waals surface area contributed by atoms with Crippen LogP contribution in [0.3, 0.4) is 0 Å². The maximum Gasteiger partial charge on any atom is 0.306 e. The Bertz CT molecular complexity index is 1830. The van der Waals surface area contributed by atoms with Crippen LogP contribution in [0, 0.1) is 0 Å². The van der Waals surface area contributed by atoms with Crippen LogP contribution in [0.5, 0.6) is 0 Å². The molecule has 0 aromatic rings. The van der Waals surface area contributed by atoms with Gasteiger partial charge in [-0.2, -0.15) is 0 Å². The number of unbranched alkanes of at least 4 members (excludes halogenated alkanes) is 22. The van der Waals surface area contributed by atoms with E-state index in [4.69, 9.17) is 14.2 Å². The largest absolute Gasteiger partial charge is 0.462 e. The minimum Gasteiger partial charge on any atom is -0.462 e. The maximum absolute atomic E-state index is 12.9. The molecule has 0 radical (unpaired) electrons. The molecule has 1 unspecified atom stereocenters. The molecule has 0 N–H and O–H groups in total. The summed E-state index contributed by atoms with van der Waals surface area (Å²) in [4.78, 5) is 38.4. The predicted octanol–water partition coefficient (Wildman–Crippen LogP) is 23.3. The third kappa shape index (κ3) is 65.8. The molecular weight excluding hydrogens is 1010 g/mol. The molecule has 0 rings (SSSR count). The molecular formula is C76H122O6. The van der Waals surface area contributed by atoms with Gasteiger partial charge in [-0.15, -0.1) is 0 Å². The molecule has 0 heterocycles. The summed E-state index contributed by atoms with van der Waals surface area (Å²) in [6, 6.07) is 0. The molecule has 0 spiro atoms. The van der Waals surface area contributed by atoms with E-state index in [-0.39, 0.29) is 37.5 Å². The van der Waals surface area contributed by atoms with E-state index in [9.17, 15) is 14.4 Å². The zero-order chi connectivity index (χ0) is 59.2. The van der Waals surface area contributed by atoms with Crippen molar-refractivity contribution in [2.75, 3.05) is 13.2 Å². The number of hydrogen-bond donors (Lipinski definition) is 0. The average Bonchev–Trinajstić information content (AvgIpc) is 3.47. The first kappa shape index (κ1) is 77.0. The summed E-state index contributed by atoms with van der Waals surface area (Å²) < 4.78 is 16.9. The highest BCUT2D eigenvalue weighted by Gasteiger charge is 2.19. The molecule has 6 heteroatoms. The molecule has 0 amide bonds. The maximum atomic E-state index is 12.9. The second-order valence-corrected chi connectivity index (χ2v) is 21.6. The lowest BCUT2D eigenvalue weighted by Gasteiger charge is -2.18. The first-order valence-electron chi connectivity index (χ1n) is 33.5. The van der Waals surface area contributed by atoms with Gasteiger partial charge in [-0.1, -0.05) is 275 Å². The Morgan fingerprint density at radius 3 is 0.780 bits per heavy atom. The van der Waals surface area contributed by atoms with Crippen LogP contribution in [-0.2, 0) is 28.6 Å². The van der Waals surface area contributed by atoms with Crippen molar-refractivity contribution in [1.82, 2.24) is 0 Å². The summed E-state index contributed by atoms with van der Waals surface area (Å²) in [5.41, 5.74) is 0. The van der Waals surface area contributed by atoms with Gasteiger partial charge >= 0.3 is 17.9 Å². The molecule has 0 bridgehead atoms. The van der Waals surface area contributed by atoms with Crippen molar-refractivity contribution in [2.24, 2.45) is 0 Å². The molecule has 0 aromatic heterocycles. The lowest BCUT2D eigenvalue weighted by molar-refractivity contribution is -0.167. The lowest BCUT2D eigenvalue weighted by atomic mass is 10.1. The van der Waals surface area contributed by atoms with Crippen molar-refractivity contribution in [3.8, 4) is 0 Å². The van der Waals surface area contributed by atoms with Crippen LogP contribution in [-0.4, -0.2) is 37.2 Å². The van der Waals surface area contributed by atoms with Gasteiger partial charge in [0.15, 0.2) is 6.10 Å². The second kappa shape index (κ2) is 68.5. The first-order chi connectivity index (χ1) is 40.5. The third-order valence-electron chi connectivity index (χ3n) is 13.7. The number of esters is 3. The van der Waals surface area contributed by atoms with E-state index in [0.29, 0.717) is 19.3 Å². The zero-order valence-corrected chi connectivity index (χ0v) is 52.9. The fourth-order valence-corrected chi connectivity index (χ4v) is 8.80. The number of carbonyl (C=O) groups excluding carboxylic acids is 3. The Hall–Kier alpha value is -4.97. The summed E-state index contributed by atoms with van der Waals surface area (Å²) >= 11 is 0. The Morgan fingerprint density at radius 1 is 0.256 bits per heavy atom. The van der Waals surface area contributed by atoms with E-state index in [1.54, 1.807) is 0 Å². The van der Waals surface area contributed by atoms with Gasteiger partial charge in [0.2, 0.25) is 0 Å². The van der Waals surface area contributed by atoms with E-state index in [1.807, 2.05) is 0 Å². The highest BCUT2D eigenvalue weighted by Crippen LogP contribution is 2.14. The molecule has 6 nitrogen and oxygen atoms in total. The summed E-state index contributed by atoms with van der Waals surface area (Å²) in [7, 11) is 0. The van der Waals surface area contributed by atoms with Gasteiger partial charge in [0.25, 0.3) is 0 Å². The molecule has 1 atom stereocenters. The van der Waals surface area contributed by atoms with E-state index < -0.39 is 6.10 Å². The van der Waals surface area contributed by atoms with Crippen molar-refractivity contribution in [3.63, 3.8) is 0 Å². The van der Waals surface area contributed by atoms with Crippen molar-refractivity contribution in [2.45, 2.75) is 290 Å². The van der Waals surface area contributed by atoms with Gasteiger partial charge < -0.3 is 14.2 Å². The summed E-state index contributed by atoms with van der Waals surface area (Å²) in [5, 5.41) is 0. The van der Waals surface area contributed by atoms with Crippen LogP contribution in [0.4, 0.5) is 0 Å². The third-order valence-corrected chi connectivity index (χ3v) is 13.7.